The fourth-order valence-electron chi connectivity index (χ4n) is 3.77. The molecule has 5 aromatic carbocycles. The van der Waals surface area contributed by atoms with Gasteiger partial charge in [0.05, 0.1) is 0 Å². The Kier molecular flexibility index (Phi) is 3.26. The molecule has 0 bridgehead atoms. The zero-order valence-electron chi connectivity index (χ0n) is 13.5. The molecule has 0 nitrogen and oxygen atoms in total. The fraction of sp³-hybridized carbons (Fsp3) is 0. The smallest absolute Gasteiger partial charge is 0.0484 e. The Morgan fingerprint density at radius 3 is 2.00 bits per heavy atom. The number of fused-ring (bicyclic) bond motifs is 4. The maximum atomic E-state index is 6.58. The topological polar surface area (TPSA) is 0 Å². The minimum absolute atomic E-state index is 0.785. The maximum Gasteiger partial charge on any atom is 0.0484 e. The van der Waals surface area contributed by atoms with E-state index in [1.165, 1.54) is 37.9 Å². The fourth-order valence-corrected chi connectivity index (χ4v) is 4.00. The van der Waals surface area contributed by atoms with Crippen molar-refractivity contribution in [3.63, 3.8) is 0 Å². The van der Waals surface area contributed by atoms with Gasteiger partial charge in [-0.3, -0.25) is 0 Å². The summed E-state index contributed by atoms with van der Waals surface area (Å²) in [6.07, 6.45) is 0. The van der Waals surface area contributed by atoms with Gasteiger partial charge in [0.25, 0.3) is 0 Å². The third kappa shape index (κ3) is 2.22. The van der Waals surface area contributed by atoms with Gasteiger partial charge in [-0.2, -0.15) is 0 Å². The van der Waals surface area contributed by atoms with Crippen LogP contribution in [-0.2, 0) is 0 Å². The van der Waals surface area contributed by atoms with Gasteiger partial charge < -0.3 is 0 Å². The molecule has 5 aromatic rings. The number of hydrogen-bond donors (Lipinski definition) is 0. The highest BCUT2D eigenvalue weighted by Gasteiger charge is 2.13. The first-order valence-electron chi connectivity index (χ1n) is 8.41. The summed E-state index contributed by atoms with van der Waals surface area (Å²) in [6.45, 7) is 0. The monoisotopic (exact) mass is 338 g/mol. The van der Waals surface area contributed by atoms with Crippen molar-refractivity contribution in [3.8, 4) is 11.1 Å². The molecule has 0 aliphatic heterocycles. The van der Waals surface area contributed by atoms with E-state index in [4.69, 9.17) is 11.6 Å². The zero-order valence-corrected chi connectivity index (χ0v) is 14.3. The first kappa shape index (κ1) is 14.5. The van der Waals surface area contributed by atoms with Crippen molar-refractivity contribution >= 4 is 43.9 Å². The van der Waals surface area contributed by atoms with Gasteiger partial charge >= 0.3 is 0 Å². The lowest BCUT2D eigenvalue weighted by Crippen LogP contribution is -1.87. The molecule has 0 spiro atoms. The van der Waals surface area contributed by atoms with E-state index in [2.05, 4.69) is 78.9 Å². The van der Waals surface area contributed by atoms with E-state index in [-0.39, 0.29) is 0 Å². The second-order valence-corrected chi connectivity index (χ2v) is 6.74. The van der Waals surface area contributed by atoms with Crippen molar-refractivity contribution in [2.24, 2.45) is 0 Å². The van der Waals surface area contributed by atoms with Crippen molar-refractivity contribution in [2.75, 3.05) is 0 Å². The predicted molar refractivity (Wildman–Crippen MR) is 109 cm³/mol. The van der Waals surface area contributed by atoms with Crippen LogP contribution in [0.25, 0.3) is 43.4 Å². The van der Waals surface area contributed by atoms with E-state index in [9.17, 15) is 0 Å². The standard InChI is InChI=1S/C24H15Cl/c25-23-12-6-5-11-21(23)24-19-10-4-2-8-17(19)15-22-18-9-3-1-7-16(18)13-14-20(22)24/h1-15H. The van der Waals surface area contributed by atoms with Gasteiger partial charge in [-0.15, -0.1) is 0 Å². The normalized spacial score (nSPS) is 11.4. The van der Waals surface area contributed by atoms with Gasteiger partial charge in [-0.1, -0.05) is 90.5 Å². The van der Waals surface area contributed by atoms with Gasteiger partial charge in [0.15, 0.2) is 0 Å². The summed E-state index contributed by atoms with van der Waals surface area (Å²) >= 11 is 6.58. The third-order valence-corrected chi connectivity index (χ3v) is 5.24. The number of rotatable bonds is 1. The molecule has 0 fully saturated rings. The van der Waals surface area contributed by atoms with Crippen molar-refractivity contribution < 1.29 is 0 Å². The largest absolute Gasteiger partial charge is 0.0837 e. The van der Waals surface area contributed by atoms with Crippen LogP contribution in [0.5, 0.6) is 0 Å². The highest BCUT2D eigenvalue weighted by atomic mass is 35.5. The van der Waals surface area contributed by atoms with Gasteiger partial charge in [-0.05, 0) is 50.0 Å². The van der Waals surface area contributed by atoms with Crippen LogP contribution in [0.1, 0.15) is 0 Å². The minimum Gasteiger partial charge on any atom is -0.0837 e. The summed E-state index contributed by atoms with van der Waals surface area (Å²) in [7, 11) is 0. The zero-order chi connectivity index (χ0) is 16.8. The number of benzene rings is 5. The summed E-state index contributed by atoms with van der Waals surface area (Å²) in [5.41, 5.74) is 2.30. The van der Waals surface area contributed by atoms with Crippen molar-refractivity contribution in [2.45, 2.75) is 0 Å². The van der Waals surface area contributed by atoms with E-state index in [0.29, 0.717) is 0 Å². The molecule has 0 radical (unpaired) electrons. The Morgan fingerprint density at radius 1 is 0.480 bits per heavy atom. The SMILES string of the molecule is Clc1ccccc1-c1c2ccccc2cc2c1ccc1ccccc12. The van der Waals surface area contributed by atoms with Crippen LogP contribution in [0.2, 0.25) is 5.02 Å². The second-order valence-electron chi connectivity index (χ2n) is 6.33. The highest BCUT2D eigenvalue weighted by molar-refractivity contribution is 6.35. The molecule has 0 saturated carbocycles. The molecule has 25 heavy (non-hydrogen) atoms. The summed E-state index contributed by atoms with van der Waals surface area (Å²) in [5.74, 6) is 0. The lowest BCUT2D eigenvalue weighted by molar-refractivity contribution is 1.67. The first-order chi connectivity index (χ1) is 12.3. The Bertz CT molecular complexity index is 1250. The highest BCUT2D eigenvalue weighted by Crippen LogP contribution is 2.41. The molecule has 118 valence electrons. The van der Waals surface area contributed by atoms with Gasteiger partial charge in [0, 0.05) is 10.6 Å². The molecule has 0 heterocycles. The van der Waals surface area contributed by atoms with Crippen LogP contribution < -0.4 is 0 Å². The summed E-state index contributed by atoms with van der Waals surface area (Å²) in [4.78, 5) is 0. The van der Waals surface area contributed by atoms with Crippen LogP contribution >= 0.6 is 11.6 Å². The second kappa shape index (κ2) is 5.61. The predicted octanol–water partition coefficient (Wildman–Crippen LogP) is 7.47. The Labute approximate surface area is 151 Å². The molecular weight excluding hydrogens is 324 g/mol. The molecule has 0 N–H and O–H groups in total. The Hall–Kier alpha value is -2.83. The number of halogens is 1. The first-order valence-corrected chi connectivity index (χ1v) is 8.79. The van der Waals surface area contributed by atoms with E-state index in [1.807, 2.05) is 12.1 Å². The minimum atomic E-state index is 0.785. The van der Waals surface area contributed by atoms with Crippen molar-refractivity contribution in [3.05, 3.63) is 96.0 Å². The van der Waals surface area contributed by atoms with E-state index < -0.39 is 0 Å². The molecule has 0 saturated heterocycles. The molecule has 0 aliphatic rings. The van der Waals surface area contributed by atoms with Gasteiger partial charge in [0.2, 0.25) is 0 Å². The summed E-state index contributed by atoms with van der Waals surface area (Å²) in [6, 6.07) is 31.9. The van der Waals surface area contributed by atoms with Crippen molar-refractivity contribution in [1.82, 2.24) is 0 Å². The van der Waals surface area contributed by atoms with Crippen LogP contribution in [-0.4, -0.2) is 0 Å². The average molecular weight is 339 g/mol. The van der Waals surface area contributed by atoms with Crippen LogP contribution in [0.3, 0.4) is 0 Å². The molecular formula is C24H15Cl. The van der Waals surface area contributed by atoms with Gasteiger partial charge in [0.1, 0.15) is 0 Å². The lowest BCUT2D eigenvalue weighted by atomic mass is 9.90. The van der Waals surface area contributed by atoms with Crippen LogP contribution in [0, 0.1) is 0 Å². The van der Waals surface area contributed by atoms with Crippen LogP contribution in [0.15, 0.2) is 91.0 Å². The summed E-state index contributed by atoms with van der Waals surface area (Å²) < 4.78 is 0. The van der Waals surface area contributed by atoms with Crippen LogP contribution in [0.4, 0.5) is 0 Å². The molecule has 0 atom stereocenters. The molecule has 0 amide bonds. The molecule has 5 rings (SSSR count). The number of hydrogen-bond acceptors (Lipinski definition) is 0. The van der Waals surface area contributed by atoms with Crippen molar-refractivity contribution in [1.29, 1.82) is 0 Å². The maximum absolute atomic E-state index is 6.58. The Balaban J connectivity index is 2.06. The molecule has 1 heteroatoms. The van der Waals surface area contributed by atoms with Gasteiger partial charge in [-0.25, -0.2) is 0 Å². The third-order valence-electron chi connectivity index (χ3n) is 4.91. The van der Waals surface area contributed by atoms with E-state index >= 15 is 0 Å². The molecule has 0 unspecified atom stereocenters. The Morgan fingerprint density at radius 2 is 1.16 bits per heavy atom. The van der Waals surface area contributed by atoms with E-state index in [1.54, 1.807) is 0 Å². The molecule has 0 aliphatic carbocycles. The summed E-state index contributed by atoms with van der Waals surface area (Å²) in [5, 5.41) is 8.31. The quantitative estimate of drug-likeness (QED) is 0.220. The lowest BCUT2D eigenvalue weighted by Gasteiger charge is -2.15. The molecule has 0 aromatic heterocycles. The average Bonchev–Trinajstić information content (AvgIpc) is 2.67. The van der Waals surface area contributed by atoms with E-state index in [0.717, 1.165) is 10.6 Å².